The van der Waals surface area contributed by atoms with Gasteiger partial charge >= 0.3 is 0 Å². The van der Waals surface area contributed by atoms with Crippen LogP contribution in [0, 0.1) is 13.8 Å². The molecule has 0 aliphatic rings. The van der Waals surface area contributed by atoms with Crippen LogP contribution >= 0.6 is 23.2 Å². The first-order valence-corrected chi connectivity index (χ1v) is 10.5. The molecule has 0 heterocycles. The highest BCUT2D eigenvalue weighted by Gasteiger charge is 2.06. The van der Waals surface area contributed by atoms with E-state index in [1.807, 2.05) is 86.6 Å². The first-order valence-electron chi connectivity index (χ1n) is 9.71. The molecule has 0 aliphatic carbocycles. The van der Waals surface area contributed by atoms with Gasteiger partial charge in [0.25, 0.3) is 0 Å². The molecule has 0 amide bonds. The van der Waals surface area contributed by atoms with Crippen molar-refractivity contribution in [1.29, 1.82) is 0 Å². The molecule has 0 saturated carbocycles. The molecule has 0 atom stereocenters. The minimum atomic E-state index is 0.633. The maximum Gasteiger partial charge on any atom is 0.131 e. The topological polar surface area (TPSA) is 27.7 Å². The lowest BCUT2D eigenvalue weighted by Gasteiger charge is -2.11. The average Bonchev–Trinajstić information content (AvgIpc) is 2.67. The summed E-state index contributed by atoms with van der Waals surface area (Å²) in [7, 11) is 0. The van der Waals surface area contributed by atoms with E-state index >= 15 is 0 Å². The Hall–Kier alpha value is -3.14. The van der Waals surface area contributed by atoms with Crippen molar-refractivity contribution in [2.24, 2.45) is 0 Å². The molecular weight excluding hydrogens is 431 g/mol. The van der Waals surface area contributed by atoms with E-state index in [4.69, 9.17) is 37.4 Å². The molecule has 4 rings (SSSR count). The highest BCUT2D eigenvalue weighted by Crippen LogP contribution is 2.33. The van der Waals surface area contributed by atoms with E-state index in [1.165, 1.54) is 0 Å². The summed E-state index contributed by atoms with van der Waals surface area (Å²) >= 11 is 12.2. The molecule has 4 aromatic rings. The van der Waals surface area contributed by atoms with Crippen LogP contribution in [0.3, 0.4) is 0 Å². The molecule has 0 aliphatic heterocycles. The third-order valence-electron chi connectivity index (χ3n) is 4.35. The van der Waals surface area contributed by atoms with E-state index in [-0.39, 0.29) is 0 Å². The number of hydrogen-bond acceptors (Lipinski definition) is 3. The molecule has 0 spiro atoms. The van der Waals surface area contributed by atoms with Crippen molar-refractivity contribution < 1.29 is 14.2 Å². The highest BCUT2D eigenvalue weighted by molar-refractivity contribution is 6.31. The molecule has 5 heteroatoms. The molecule has 0 saturated heterocycles. The molecule has 3 nitrogen and oxygen atoms in total. The van der Waals surface area contributed by atoms with Crippen molar-refractivity contribution in [3.63, 3.8) is 0 Å². The van der Waals surface area contributed by atoms with Gasteiger partial charge < -0.3 is 14.2 Å². The fourth-order valence-corrected chi connectivity index (χ4v) is 3.69. The Morgan fingerprint density at radius 1 is 0.452 bits per heavy atom. The average molecular weight is 451 g/mol. The Balaban J connectivity index is 1.49. The number of benzene rings is 4. The van der Waals surface area contributed by atoms with Gasteiger partial charge in [0.15, 0.2) is 0 Å². The van der Waals surface area contributed by atoms with Gasteiger partial charge in [-0.1, -0.05) is 35.3 Å². The van der Waals surface area contributed by atoms with E-state index in [0.29, 0.717) is 44.5 Å². The zero-order chi connectivity index (χ0) is 21.8. The Labute approximate surface area is 191 Å². The predicted molar refractivity (Wildman–Crippen MR) is 125 cm³/mol. The molecule has 4 aromatic carbocycles. The van der Waals surface area contributed by atoms with Gasteiger partial charge in [0.05, 0.1) is 0 Å². The monoisotopic (exact) mass is 450 g/mol. The molecule has 0 unspecified atom stereocenters. The molecule has 0 aromatic heterocycles. The van der Waals surface area contributed by atoms with Crippen LogP contribution in [0.15, 0.2) is 84.9 Å². The van der Waals surface area contributed by atoms with E-state index in [1.54, 1.807) is 12.1 Å². The van der Waals surface area contributed by atoms with Crippen LogP contribution in [0.25, 0.3) is 0 Å². The van der Waals surface area contributed by atoms with Crippen LogP contribution in [-0.2, 0) is 0 Å². The quantitative estimate of drug-likeness (QED) is 0.293. The molecule has 31 heavy (non-hydrogen) atoms. The smallest absolute Gasteiger partial charge is 0.131 e. The number of aryl methyl sites for hydroxylation is 2. The second-order valence-corrected chi connectivity index (χ2v) is 8.06. The summed E-state index contributed by atoms with van der Waals surface area (Å²) in [5.74, 6) is 3.95. The zero-order valence-electron chi connectivity index (χ0n) is 17.1. The van der Waals surface area contributed by atoms with Crippen LogP contribution < -0.4 is 14.2 Å². The lowest BCUT2D eigenvalue weighted by atomic mass is 10.2. The Bertz CT molecular complexity index is 1090. The minimum Gasteiger partial charge on any atom is -0.457 e. The van der Waals surface area contributed by atoms with Crippen molar-refractivity contribution in [3.8, 4) is 34.5 Å². The van der Waals surface area contributed by atoms with Crippen LogP contribution in [0.5, 0.6) is 34.5 Å². The number of hydrogen-bond donors (Lipinski definition) is 0. The predicted octanol–water partition coefficient (Wildman–Crippen LogP) is 8.99. The Morgan fingerprint density at radius 2 is 0.806 bits per heavy atom. The maximum absolute atomic E-state index is 6.12. The van der Waals surface area contributed by atoms with Gasteiger partial charge in [0, 0.05) is 22.2 Å². The number of rotatable bonds is 6. The van der Waals surface area contributed by atoms with E-state index in [2.05, 4.69) is 0 Å². The van der Waals surface area contributed by atoms with Crippen LogP contribution in [0.2, 0.25) is 10.0 Å². The lowest BCUT2D eigenvalue weighted by Crippen LogP contribution is -1.89. The summed E-state index contributed by atoms with van der Waals surface area (Å²) in [6.07, 6.45) is 0. The van der Waals surface area contributed by atoms with Crippen LogP contribution in [0.4, 0.5) is 0 Å². The van der Waals surface area contributed by atoms with Crippen LogP contribution in [0.1, 0.15) is 11.1 Å². The normalized spacial score (nSPS) is 10.6. The maximum atomic E-state index is 6.12. The molecule has 0 N–H and O–H groups in total. The standard InChI is InChI=1S/C26H20Cl2O3/c1-17-9-19(27)13-25(11-17)30-23-7-3-5-21(15-23)29-22-6-4-8-24(16-22)31-26-12-18(2)10-20(28)14-26/h3-16H,1-2H3. The van der Waals surface area contributed by atoms with Gasteiger partial charge in [0.2, 0.25) is 0 Å². The SMILES string of the molecule is Cc1cc(Cl)cc(Oc2cccc(Oc3cccc(Oc4cc(C)cc(Cl)c4)c3)c2)c1. The summed E-state index contributed by atoms with van der Waals surface area (Å²) < 4.78 is 17.9. The van der Waals surface area contributed by atoms with Gasteiger partial charge in [-0.25, -0.2) is 0 Å². The largest absolute Gasteiger partial charge is 0.457 e. The van der Waals surface area contributed by atoms with E-state index in [9.17, 15) is 0 Å². The third kappa shape index (κ3) is 5.94. The van der Waals surface area contributed by atoms with Gasteiger partial charge in [-0.15, -0.1) is 0 Å². The fraction of sp³-hybridized carbons (Fsp3) is 0.0769. The molecule has 0 fully saturated rings. The molecule has 0 radical (unpaired) electrons. The second kappa shape index (κ2) is 9.34. The molecular formula is C26H20Cl2O3. The van der Waals surface area contributed by atoms with Crippen molar-refractivity contribution in [2.75, 3.05) is 0 Å². The molecule has 156 valence electrons. The summed E-state index contributed by atoms with van der Waals surface area (Å²) in [5.41, 5.74) is 2.06. The second-order valence-electron chi connectivity index (χ2n) is 7.18. The first kappa shape index (κ1) is 21.1. The van der Waals surface area contributed by atoms with E-state index < -0.39 is 0 Å². The summed E-state index contributed by atoms with van der Waals surface area (Å²) in [4.78, 5) is 0. The van der Waals surface area contributed by atoms with Crippen molar-refractivity contribution in [2.45, 2.75) is 13.8 Å². The van der Waals surface area contributed by atoms with Crippen molar-refractivity contribution >= 4 is 23.2 Å². The van der Waals surface area contributed by atoms with Crippen molar-refractivity contribution in [3.05, 3.63) is 106 Å². The van der Waals surface area contributed by atoms with Gasteiger partial charge in [0.1, 0.15) is 34.5 Å². The summed E-state index contributed by atoms with van der Waals surface area (Å²) in [6, 6.07) is 26.0. The van der Waals surface area contributed by atoms with Gasteiger partial charge in [-0.05, 0) is 85.6 Å². The number of halogens is 2. The fourth-order valence-electron chi connectivity index (χ4n) is 3.13. The Kier molecular flexibility index (Phi) is 6.36. The van der Waals surface area contributed by atoms with E-state index in [0.717, 1.165) is 11.1 Å². The first-order chi connectivity index (χ1) is 14.9. The van der Waals surface area contributed by atoms with Gasteiger partial charge in [-0.3, -0.25) is 0 Å². The lowest BCUT2D eigenvalue weighted by molar-refractivity contribution is 0.451. The minimum absolute atomic E-state index is 0.633. The molecule has 0 bridgehead atoms. The van der Waals surface area contributed by atoms with Crippen LogP contribution in [-0.4, -0.2) is 0 Å². The highest BCUT2D eigenvalue weighted by atomic mass is 35.5. The third-order valence-corrected chi connectivity index (χ3v) is 4.79. The Morgan fingerprint density at radius 3 is 1.16 bits per heavy atom. The number of ether oxygens (including phenoxy) is 3. The van der Waals surface area contributed by atoms with Crippen molar-refractivity contribution in [1.82, 2.24) is 0 Å². The van der Waals surface area contributed by atoms with Gasteiger partial charge in [-0.2, -0.15) is 0 Å². The summed E-state index contributed by atoms with van der Waals surface area (Å²) in [6.45, 7) is 3.94. The zero-order valence-corrected chi connectivity index (χ0v) is 18.6. The summed E-state index contributed by atoms with van der Waals surface area (Å²) in [5, 5.41) is 1.27.